The summed E-state index contributed by atoms with van der Waals surface area (Å²) in [4.78, 5) is 20.2. The number of benzene rings is 2. The molecule has 0 atom stereocenters. The molecule has 0 aliphatic carbocycles. The molecule has 2 N–H and O–H groups in total. The summed E-state index contributed by atoms with van der Waals surface area (Å²) in [5.74, 6) is 0. The number of fused-ring (bicyclic) bond motifs is 1. The Labute approximate surface area is 166 Å². The maximum absolute atomic E-state index is 12.5. The fraction of sp³-hybridized carbons (Fsp3) is 0.348. The lowest BCUT2D eigenvalue weighted by Crippen LogP contribution is -2.50. The van der Waals surface area contributed by atoms with E-state index in [1.807, 2.05) is 17.0 Å². The van der Waals surface area contributed by atoms with Gasteiger partial charge in [-0.2, -0.15) is 0 Å². The molecule has 0 unspecified atom stereocenters. The van der Waals surface area contributed by atoms with Crippen molar-refractivity contribution in [1.29, 1.82) is 0 Å². The average Bonchev–Trinajstić information content (AvgIpc) is 3.16. The third-order valence-corrected chi connectivity index (χ3v) is 5.65. The van der Waals surface area contributed by atoms with Crippen molar-refractivity contribution in [3.05, 3.63) is 65.9 Å². The van der Waals surface area contributed by atoms with Gasteiger partial charge in [0.05, 0.1) is 0 Å². The van der Waals surface area contributed by atoms with Crippen LogP contribution in [0.5, 0.6) is 0 Å². The van der Waals surface area contributed by atoms with Gasteiger partial charge in [0.15, 0.2) is 0 Å². The molecule has 1 aliphatic rings. The molecule has 1 aliphatic heterocycles. The fourth-order valence-electron chi connectivity index (χ4n) is 3.82. The van der Waals surface area contributed by atoms with Crippen LogP contribution in [0.3, 0.4) is 0 Å². The van der Waals surface area contributed by atoms with Crippen LogP contribution in [0.1, 0.15) is 18.1 Å². The van der Waals surface area contributed by atoms with Crippen LogP contribution < -0.4 is 5.32 Å². The predicted molar refractivity (Wildman–Crippen MR) is 115 cm³/mol. The number of carbonyl (C=O) groups is 1. The Morgan fingerprint density at radius 3 is 2.54 bits per heavy atom. The number of aromatic amines is 1. The number of nitrogens with zero attached hydrogens (tertiary/aromatic N) is 2. The monoisotopic (exact) mass is 376 g/mol. The summed E-state index contributed by atoms with van der Waals surface area (Å²) in [7, 11) is 0. The minimum Gasteiger partial charge on any atom is -0.361 e. The van der Waals surface area contributed by atoms with Crippen LogP contribution in [0, 0.1) is 0 Å². The van der Waals surface area contributed by atoms with E-state index >= 15 is 0 Å². The second-order valence-electron chi connectivity index (χ2n) is 7.42. The quantitative estimate of drug-likeness (QED) is 0.704. The third-order valence-electron chi connectivity index (χ3n) is 5.65. The first-order valence-corrected chi connectivity index (χ1v) is 10.1. The molecule has 4 rings (SSSR count). The number of hydrogen-bond acceptors (Lipinski definition) is 2. The second-order valence-corrected chi connectivity index (χ2v) is 7.42. The van der Waals surface area contributed by atoms with Crippen LogP contribution in [0.2, 0.25) is 0 Å². The molecular weight excluding hydrogens is 348 g/mol. The zero-order chi connectivity index (χ0) is 19.3. The molecule has 2 aromatic carbocycles. The molecule has 0 saturated carbocycles. The van der Waals surface area contributed by atoms with E-state index in [0.717, 1.165) is 51.3 Å². The number of para-hydroxylation sites is 1. The topological polar surface area (TPSA) is 51.4 Å². The van der Waals surface area contributed by atoms with E-state index < -0.39 is 0 Å². The van der Waals surface area contributed by atoms with E-state index in [4.69, 9.17) is 0 Å². The van der Waals surface area contributed by atoms with Crippen molar-refractivity contribution in [2.24, 2.45) is 0 Å². The molecule has 0 bridgehead atoms. The van der Waals surface area contributed by atoms with E-state index in [1.54, 1.807) is 0 Å². The molecule has 2 heterocycles. The molecule has 146 valence electrons. The Morgan fingerprint density at radius 2 is 1.79 bits per heavy atom. The normalized spacial score (nSPS) is 15.1. The number of carbonyl (C=O) groups excluding carboxylic acids is 1. The van der Waals surface area contributed by atoms with E-state index in [9.17, 15) is 4.79 Å². The van der Waals surface area contributed by atoms with Crippen molar-refractivity contribution in [3.63, 3.8) is 0 Å². The molecule has 1 fully saturated rings. The summed E-state index contributed by atoms with van der Waals surface area (Å²) in [6.07, 6.45) is 4.16. The van der Waals surface area contributed by atoms with Crippen molar-refractivity contribution in [1.82, 2.24) is 14.8 Å². The van der Waals surface area contributed by atoms with Gasteiger partial charge in [-0.3, -0.25) is 4.90 Å². The second kappa shape index (κ2) is 8.48. The Hall–Kier alpha value is -2.79. The Bertz CT molecular complexity index is 923. The van der Waals surface area contributed by atoms with Gasteiger partial charge in [0.1, 0.15) is 0 Å². The first-order valence-electron chi connectivity index (χ1n) is 10.1. The number of piperazine rings is 1. The molecule has 0 radical (unpaired) electrons. The van der Waals surface area contributed by atoms with Crippen LogP contribution in [0.25, 0.3) is 10.9 Å². The predicted octanol–water partition coefficient (Wildman–Crippen LogP) is 4.12. The van der Waals surface area contributed by atoms with E-state index in [2.05, 4.69) is 64.7 Å². The SMILES string of the molecule is CCc1ccc(NC(=O)N2CCN(CCc3c[nH]c4ccccc34)CC2)cc1. The summed E-state index contributed by atoms with van der Waals surface area (Å²) >= 11 is 0. The third kappa shape index (κ3) is 4.20. The minimum atomic E-state index is 0.000488. The fourth-order valence-corrected chi connectivity index (χ4v) is 3.82. The highest BCUT2D eigenvalue weighted by Gasteiger charge is 2.21. The number of aromatic nitrogens is 1. The van der Waals surface area contributed by atoms with Crippen LogP contribution in [-0.2, 0) is 12.8 Å². The molecular formula is C23H28N4O. The van der Waals surface area contributed by atoms with Crippen molar-refractivity contribution in [3.8, 4) is 0 Å². The van der Waals surface area contributed by atoms with Gasteiger partial charge in [-0.15, -0.1) is 0 Å². The summed E-state index contributed by atoms with van der Waals surface area (Å²) in [5.41, 5.74) is 4.71. The standard InChI is InChI=1S/C23H28N4O/c1-2-18-7-9-20(10-8-18)25-23(28)27-15-13-26(14-16-27)12-11-19-17-24-22-6-4-3-5-21(19)22/h3-10,17,24H,2,11-16H2,1H3,(H,25,28). The number of hydrogen-bond donors (Lipinski definition) is 2. The summed E-state index contributed by atoms with van der Waals surface area (Å²) in [5, 5.41) is 4.33. The van der Waals surface area contributed by atoms with Crippen LogP contribution >= 0.6 is 0 Å². The number of urea groups is 1. The van der Waals surface area contributed by atoms with Crippen molar-refractivity contribution >= 4 is 22.6 Å². The summed E-state index contributed by atoms with van der Waals surface area (Å²) in [6.45, 7) is 6.54. The molecule has 5 nitrogen and oxygen atoms in total. The highest BCUT2D eigenvalue weighted by atomic mass is 16.2. The number of aryl methyl sites for hydroxylation is 1. The largest absolute Gasteiger partial charge is 0.361 e. The van der Waals surface area contributed by atoms with Gasteiger partial charge in [0, 0.05) is 55.5 Å². The number of nitrogens with one attached hydrogen (secondary N) is 2. The lowest BCUT2D eigenvalue weighted by molar-refractivity contribution is 0.148. The van der Waals surface area contributed by atoms with Gasteiger partial charge in [0.25, 0.3) is 0 Å². The Kier molecular flexibility index (Phi) is 5.63. The maximum Gasteiger partial charge on any atom is 0.321 e. The van der Waals surface area contributed by atoms with Crippen molar-refractivity contribution in [2.45, 2.75) is 19.8 Å². The number of anilines is 1. The van der Waals surface area contributed by atoms with Gasteiger partial charge in [-0.1, -0.05) is 37.3 Å². The molecule has 1 aromatic heterocycles. The Balaban J connectivity index is 1.25. The smallest absolute Gasteiger partial charge is 0.321 e. The highest BCUT2D eigenvalue weighted by molar-refractivity contribution is 5.89. The Morgan fingerprint density at radius 1 is 1.04 bits per heavy atom. The molecule has 0 spiro atoms. The van der Waals surface area contributed by atoms with Crippen LogP contribution in [0.4, 0.5) is 10.5 Å². The number of H-pyrrole nitrogens is 1. The van der Waals surface area contributed by atoms with Gasteiger partial charge in [0.2, 0.25) is 0 Å². The zero-order valence-corrected chi connectivity index (χ0v) is 16.4. The van der Waals surface area contributed by atoms with Gasteiger partial charge < -0.3 is 15.2 Å². The molecule has 2 amide bonds. The van der Waals surface area contributed by atoms with E-state index in [0.29, 0.717) is 0 Å². The first-order chi connectivity index (χ1) is 13.7. The zero-order valence-electron chi connectivity index (χ0n) is 16.4. The van der Waals surface area contributed by atoms with E-state index in [-0.39, 0.29) is 6.03 Å². The maximum atomic E-state index is 12.5. The minimum absolute atomic E-state index is 0.000488. The van der Waals surface area contributed by atoms with Crippen molar-refractivity contribution in [2.75, 3.05) is 38.0 Å². The van der Waals surface area contributed by atoms with Crippen molar-refractivity contribution < 1.29 is 4.79 Å². The first kappa shape index (κ1) is 18.6. The summed E-state index contributed by atoms with van der Waals surface area (Å²) in [6, 6.07) is 16.5. The van der Waals surface area contributed by atoms with Crippen LogP contribution in [0.15, 0.2) is 54.7 Å². The van der Waals surface area contributed by atoms with Gasteiger partial charge >= 0.3 is 6.03 Å². The average molecular weight is 377 g/mol. The molecule has 3 aromatic rings. The van der Waals surface area contributed by atoms with E-state index in [1.165, 1.54) is 22.0 Å². The lowest BCUT2D eigenvalue weighted by Gasteiger charge is -2.34. The molecule has 28 heavy (non-hydrogen) atoms. The van der Waals surface area contributed by atoms with Gasteiger partial charge in [-0.05, 0) is 42.2 Å². The van der Waals surface area contributed by atoms with Crippen LogP contribution in [-0.4, -0.2) is 53.5 Å². The number of amides is 2. The molecule has 1 saturated heterocycles. The number of rotatable bonds is 5. The lowest BCUT2D eigenvalue weighted by atomic mass is 10.1. The highest BCUT2D eigenvalue weighted by Crippen LogP contribution is 2.19. The van der Waals surface area contributed by atoms with Gasteiger partial charge in [-0.25, -0.2) is 4.79 Å². The molecule has 5 heteroatoms. The summed E-state index contributed by atoms with van der Waals surface area (Å²) < 4.78 is 0.